The second kappa shape index (κ2) is 9.99. The molecule has 0 atom stereocenters. The van der Waals surface area contributed by atoms with Crippen molar-refractivity contribution in [2.75, 3.05) is 19.7 Å². The number of halogens is 2. The van der Waals surface area contributed by atoms with E-state index in [1.807, 2.05) is 36.3 Å². The summed E-state index contributed by atoms with van der Waals surface area (Å²) >= 11 is 0. The first kappa shape index (κ1) is 22.1. The SMILES string of the molecule is CCO/N=C(\c1ccc(F)c(F)c1)c1ccc(CN2CCC(c3cnn(C)c3)CC2)cn1. The van der Waals surface area contributed by atoms with Gasteiger partial charge in [-0.15, -0.1) is 0 Å². The summed E-state index contributed by atoms with van der Waals surface area (Å²) in [6.45, 7) is 5.03. The Kier molecular flexibility index (Phi) is 6.90. The maximum atomic E-state index is 13.7. The van der Waals surface area contributed by atoms with Gasteiger partial charge >= 0.3 is 0 Å². The van der Waals surface area contributed by atoms with E-state index in [-0.39, 0.29) is 0 Å². The summed E-state index contributed by atoms with van der Waals surface area (Å²) in [5.41, 5.74) is 3.74. The number of hydrogen-bond donors (Lipinski definition) is 0. The van der Waals surface area contributed by atoms with E-state index in [4.69, 9.17) is 4.84 Å². The predicted octanol–water partition coefficient (Wildman–Crippen LogP) is 4.26. The first-order chi connectivity index (χ1) is 15.5. The van der Waals surface area contributed by atoms with Crippen molar-refractivity contribution < 1.29 is 13.6 Å². The molecule has 0 N–H and O–H groups in total. The minimum Gasteiger partial charge on any atom is -0.396 e. The number of likely N-dealkylation sites (tertiary alicyclic amines) is 1. The number of aryl methyl sites for hydroxylation is 1. The number of piperidine rings is 1. The van der Waals surface area contributed by atoms with E-state index in [2.05, 4.69) is 26.3 Å². The zero-order chi connectivity index (χ0) is 22.5. The van der Waals surface area contributed by atoms with E-state index >= 15 is 0 Å². The Morgan fingerprint density at radius 3 is 2.56 bits per heavy atom. The summed E-state index contributed by atoms with van der Waals surface area (Å²) in [5.74, 6) is -1.27. The average Bonchev–Trinajstić information content (AvgIpc) is 3.24. The lowest BCUT2D eigenvalue weighted by Crippen LogP contribution is -2.32. The first-order valence-electron chi connectivity index (χ1n) is 10.8. The minimum atomic E-state index is -0.932. The summed E-state index contributed by atoms with van der Waals surface area (Å²) in [6.07, 6.45) is 8.11. The van der Waals surface area contributed by atoms with Crippen molar-refractivity contribution in [3.05, 3.63) is 82.9 Å². The lowest BCUT2D eigenvalue weighted by atomic mass is 9.91. The van der Waals surface area contributed by atoms with Crippen LogP contribution in [0.25, 0.3) is 0 Å². The molecule has 1 aromatic carbocycles. The monoisotopic (exact) mass is 439 g/mol. The van der Waals surface area contributed by atoms with E-state index in [1.165, 1.54) is 11.6 Å². The fourth-order valence-electron chi connectivity index (χ4n) is 4.01. The maximum Gasteiger partial charge on any atom is 0.159 e. The number of benzene rings is 1. The van der Waals surface area contributed by atoms with Gasteiger partial charge in [-0.1, -0.05) is 11.2 Å². The van der Waals surface area contributed by atoms with Gasteiger partial charge in [0, 0.05) is 31.5 Å². The van der Waals surface area contributed by atoms with Crippen molar-refractivity contribution in [2.45, 2.75) is 32.2 Å². The van der Waals surface area contributed by atoms with Crippen LogP contribution in [0.1, 0.15) is 48.1 Å². The molecule has 0 unspecified atom stereocenters. The summed E-state index contributed by atoms with van der Waals surface area (Å²) in [6, 6.07) is 7.50. The van der Waals surface area contributed by atoms with Gasteiger partial charge in [0.05, 0.1) is 11.9 Å². The van der Waals surface area contributed by atoms with Crippen LogP contribution in [0.4, 0.5) is 8.78 Å². The van der Waals surface area contributed by atoms with Crippen molar-refractivity contribution in [2.24, 2.45) is 12.2 Å². The van der Waals surface area contributed by atoms with E-state index < -0.39 is 11.6 Å². The Morgan fingerprint density at radius 2 is 1.94 bits per heavy atom. The quantitative estimate of drug-likeness (QED) is 0.408. The lowest BCUT2D eigenvalue weighted by Gasteiger charge is -2.31. The fourth-order valence-corrected chi connectivity index (χ4v) is 4.01. The highest BCUT2D eigenvalue weighted by atomic mass is 19.2. The highest BCUT2D eigenvalue weighted by Crippen LogP contribution is 2.28. The third kappa shape index (κ3) is 5.19. The van der Waals surface area contributed by atoms with Gasteiger partial charge < -0.3 is 4.84 Å². The number of rotatable bonds is 7. The second-order valence-corrected chi connectivity index (χ2v) is 8.04. The normalized spacial score (nSPS) is 15.8. The van der Waals surface area contributed by atoms with Gasteiger partial charge in [0.15, 0.2) is 11.6 Å². The molecule has 0 spiro atoms. The van der Waals surface area contributed by atoms with Crippen LogP contribution >= 0.6 is 0 Å². The largest absolute Gasteiger partial charge is 0.396 e. The number of aromatic nitrogens is 3. The molecule has 1 aliphatic heterocycles. The van der Waals surface area contributed by atoms with Gasteiger partial charge in [-0.2, -0.15) is 5.10 Å². The minimum absolute atomic E-state index is 0.361. The van der Waals surface area contributed by atoms with Gasteiger partial charge in [0.1, 0.15) is 12.3 Å². The molecule has 168 valence electrons. The van der Waals surface area contributed by atoms with E-state index in [9.17, 15) is 8.78 Å². The molecule has 6 nitrogen and oxygen atoms in total. The van der Waals surface area contributed by atoms with Crippen LogP contribution in [-0.2, 0) is 18.4 Å². The van der Waals surface area contributed by atoms with Crippen molar-refractivity contribution in [3.8, 4) is 0 Å². The van der Waals surface area contributed by atoms with Crippen molar-refractivity contribution >= 4 is 5.71 Å². The molecule has 8 heteroatoms. The average molecular weight is 440 g/mol. The third-order valence-corrected chi connectivity index (χ3v) is 5.74. The Morgan fingerprint density at radius 1 is 1.12 bits per heavy atom. The van der Waals surface area contributed by atoms with Crippen molar-refractivity contribution in [1.29, 1.82) is 0 Å². The first-order valence-corrected chi connectivity index (χ1v) is 10.8. The van der Waals surface area contributed by atoms with E-state index in [0.29, 0.717) is 29.5 Å². The van der Waals surface area contributed by atoms with Crippen LogP contribution in [0.3, 0.4) is 0 Å². The fraction of sp³-hybridized carbons (Fsp3) is 0.375. The number of oxime groups is 1. The highest BCUT2D eigenvalue weighted by Gasteiger charge is 2.22. The second-order valence-electron chi connectivity index (χ2n) is 8.04. The van der Waals surface area contributed by atoms with Gasteiger partial charge in [-0.05, 0) is 74.2 Å². The summed E-state index contributed by atoms with van der Waals surface area (Å²) in [7, 11) is 1.95. The molecule has 3 heterocycles. The molecule has 0 amide bonds. The van der Waals surface area contributed by atoms with Crippen LogP contribution in [0.15, 0.2) is 54.1 Å². The molecule has 1 aliphatic rings. The Bertz CT molecular complexity index is 1070. The molecule has 4 rings (SSSR count). The molecule has 1 saturated heterocycles. The lowest BCUT2D eigenvalue weighted by molar-refractivity contribution is 0.159. The topological polar surface area (TPSA) is 55.5 Å². The molecule has 3 aromatic rings. The van der Waals surface area contributed by atoms with Crippen LogP contribution in [0.2, 0.25) is 0 Å². The predicted molar refractivity (Wildman–Crippen MR) is 118 cm³/mol. The maximum absolute atomic E-state index is 13.7. The molecule has 32 heavy (non-hydrogen) atoms. The number of hydrogen-bond acceptors (Lipinski definition) is 5. The Labute approximate surface area is 186 Å². The highest BCUT2D eigenvalue weighted by molar-refractivity contribution is 6.11. The Hall–Kier alpha value is -3.13. The molecular weight excluding hydrogens is 412 g/mol. The number of pyridine rings is 1. The third-order valence-electron chi connectivity index (χ3n) is 5.74. The van der Waals surface area contributed by atoms with Gasteiger partial charge in [0.2, 0.25) is 0 Å². The van der Waals surface area contributed by atoms with Gasteiger partial charge in [-0.3, -0.25) is 14.6 Å². The summed E-state index contributed by atoms with van der Waals surface area (Å²) < 4.78 is 28.9. The molecule has 0 radical (unpaired) electrons. The molecular formula is C24H27F2N5O. The standard InChI is InChI=1S/C24H27F2N5O/c1-3-32-29-24(19-5-6-21(25)22(26)12-19)23-7-4-17(13-27-23)15-31-10-8-18(9-11-31)20-14-28-30(2)16-20/h4-7,12-14,16,18H,3,8-11,15H2,1-2H3/b29-24+. The van der Waals surface area contributed by atoms with Crippen molar-refractivity contribution in [1.82, 2.24) is 19.7 Å². The molecule has 2 aromatic heterocycles. The zero-order valence-electron chi connectivity index (χ0n) is 18.3. The number of nitrogens with zero attached hydrogens (tertiary/aromatic N) is 5. The van der Waals surface area contributed by atoms with Gasteiger partial charge in [0.25, 0.3) is 0 Å². The molecule has 1 fully saturated rings. The Balaban J connectivity index is 1.42. The van der Waals surface area contributed by atoms with E-state index in [1.54, 1.807) is 6.92 Å². The molecule has 0 saturated carbocycles. The van der Waals surface area contributed by atoms with Crippen molar-refractivity contribution in [3.63, 3.8) is 0 Å². The van der Waals surface area contributed by atoms with Crippen LogP contribution in [-0.4, -0.2) is 45.1 Å². The molecule has 0 aliphatic carbocycles. The van der Waals surface area contributed by atoms with Gasteiger partial charge in [-0.25, -0.2) is 8.78 Å². The molecule has 0 bridgehead atoms. The van der Waals surface area contributed by atoms with Crippen LogP contribution in [0, 0.1) is 11.6 Å². The van der Waals surface area contributed by atoms with E-state index in [0.717, 1.165) is 50.2 Å². The van der Waals surface area contributed by atoms with Crippen LogP contribution < -0.4 is 0 Å². The van der Waals surface area contributed by atoms with Crippen LogP contribution in [0.5, 0.6) is 0 Å². The zero-order valence-corrected chi connectivity index (χ0v) is 18.3. The summed E-state index contributed by atoms with van der Waals surface area (Å²) in [5, 5.41) is 8.37. The summed E-state index contributed by atoms with van der Waals surface area (Å²) in [4.78, 5) is 12.1. The smallest absolute Gasteiger partial charge is 0.159 e.